The fraction of sp³-hybridized carbons (Fsp3) is 0.765. The molecule has 21 heavy (non-hydrogen) atoms. The highest BCUT2D eigenvalue weighted by atomic mass is 16.5. The third-order valence-electron chi connectivity index (χ3n) is 4.00. The first-order valence-corrected chi connectivity index (χ1v) is 8.13. The van der Waals surface area contributed by atoms with Gasteiger partial charge in [-0.05, 0) is 37.5 Å². The van der Waals surface area contributed by atoms with Crippen molar-refractivity contribution in [2.75, 3.05) is 19.0 Å². The third kappa shape index (κ3) is 3.73. The summed E-state index contributed by atoms with van der Waals surface area (Å²) in [5.74, 6) is 1.85. The Balaban J connectivity index is 2.42. The Morgan fingerprint density at radius 1 is 1.19 bits per heavy atom. The minimum absolute atomic E-state index is 0.0142. The van der Waals surface area contributed by atoms with Gasteiger partial charge in [0.15, 0.2) is 5.82 Å². The monoisotopic (exact) mass is 291 g/mol. The van der Waals surface area contributed by atoms with E-state index in [0.29, 0.717) is 0 Å². The molecule has 1 aliphatic carbocycles. The van der Waals surface area contributed by atoms with Crippen molar-refractivity contribution in [1.82, 2.24) is 9.97 Å². The van der Waals surface area contributed by atoms with E-state index < -0.39 is 0 Å². The number of aromatic nitrogens is 2. The SMILES string of the molecule is CCCNc1nc(C(OC)C(C)(C)C)nc2c1CCCC2. The molecule has 0 amide bonds. The smallest absolute Gasteiger partial charge is 0.160 e. The molecule has 4 nitrogen and oxygen atoms in total. The molecule has 0 fully saturated rings. The first-order chi connectivity index (χ1) is 9.97. The van der Waals surface area contributed by atoms with Crippen LogP contribution in [0.4, 0.5) is 5.82 Å². The lowest BCUT2D eigenvalue weighted by molar-refractivity contribution is 0.00855. The molecular formula is C17H29N3O. The lowest BCUT2D eigenvalue weighted by Gasteiger charge is -2.29. The molecule has 0 bridgehead atoms. The van der Waals surface area contributed by atoms with Crippen LogP contribution in [-0.2, 0) is 17.6 Å². The quantitative estimate of drug-likeness (QED) is 0.893. The van der Waals surface area contributed by atoms with Gasteiger partial charge in [-0.15, -0.1) is 0 Å². The highest BCUT2D eigenvalue weighted by molar-refractivity contribution is 5.48. The predicted molar refractivity (Wildman–Crippen MR) is 86.7 cm³/mol. The Morgan fingerprint density at radius 2 is 1.90 bits per heavy atom. The Morgan fingerprint density at radius 3 is 2.52 bits per heavy atom. The number of hydrogen-bond donors (Lipinski definition) is 1. The number of nitrogens with one attached hydrogen (secondary N) is 1. The van der Waals surface area contributed by atoms with Crippen LogP contribution < -0.4 is 5.32 Å². The largest absolute Gasteiger partial charge is 0.373 e. The first kappa shape index (κ1) is 16.2. The number of fused-ring (bicyclic) bond motifs is 1. The highest BCUT2D eigenvalue weighted by Gasteiger charge is 2.30. The van der Waals surface area contributed by atoms with Crippen LogP contribution in [0.2, 0.25) is 0 Å². The normalized spacial score (nSPS) is 16.4. The van der Waals surface area contributed by atoms with Crippen molar-refractivity contribution in [1.29, 1.82) is 0 Å². The maximum atomic E-state index is 5.70. The summed E-state index contributed by atoms with van der Waals surface area (Å²) in [6, 6.07) is 0. The molecule has 0 radical (unpaired) electrons. The maximum Gasteiger partial charge on any atom is 0.160 e. The number of rotatable bonds is 5. The van der Waals surface area contributed by atoms with Gasteiger partial charge in [-0.3, -0.25) is 0 Å². The minimum atomic E-state index is -0.0769. The Hall–Kier alpha value is -1.16. The molecule has 1 heterocycles. The molecule has 1 unspecified atom stereocenters. The fourth-order valence-corrected chi connectivity index (χ4v) is 2.97. The van der Waals surface area contributed by atoms with E-state index in [1.807, 2.05) is 0 Å². The zero-order valence-corrected chi connectivity index (χ0v) is 14.1. The van der Waals surface area contributed by atoms with E-state index in [-0.39, 0.29) is 11.5 Å². The summed E-state index contributed by atoms with van der Waals surface area (Å²) in [4.78, 5) is 9.66. The lowest BCUT2D eigenvalue weighted by atomic mass is 9.88. The average molecular weight is 291 g/mol. The molecule has 1 atom stereocenters. The highest BCUT2D eigenvalue weighted by Crippen LogP contribution is 2.36. The summed E-state index contributed by atoms with van der Waals surface area (Å²) in [7, 11) is 1.75. The van der Waals surface area contributed by atoms with E-state index in [9.17, 15) is 0 Å². The number of aryl methyl sites for hydroxylation is 1. The number of anilines is 1. The zero-order chi connectivity index (χ0) is 15.5. The molecule has 1 aromatic rings. The van der Waals surface area contributed by atoms with Gasteiger partial charge in [-0.1, -0.05) is 27.7 Å². The van der Waals surface area contributed by atoms with Gasteiger partial charge in [-0.2, -0.15) is 0 Å². The standard InChI is InChI=1S/C17H29N3O/c1-6-11-18-15-12-9-7-8-10-13(12)19-16(20-15)14(21-5)17(2,3)4/h14H,6-11H2,1-5H3,(H,18,19,20). The van der Waals surface area contributed by atoms with Crippen LogP contribution in [-0.4, -0.2) is 23.6 Å². The molecular weight excluding hydrogens is 262 g/mol. The minimum Gasteiger partial charge on any atom is -0.373 e. The number of ether oxygens (including phenoxy) is 1. The van der Waals surface area contributed by atoms with Gasteiger partial charge in [0.25, 0.3) is 0 Å². The lowest BCUT2D eigenvalue weighted by Crippen LogP contribution is -2.25. The fourth-order valence-electron chi connectivity index (χ4n) is 2.97. The van der Waals surface area contributed by atoms with Crippen LogP contribution in [0.5, 0.6) is 0 Å². The molecule has 0 aromatic carbocycles. The van der Waals surface area contributed by atoms with Crippen molar-refractivity contribution in [2.45, 2.75) is 65.9 Å². The zero-order valence-electron chi connectivity index (χ0n) is 14.1. The molecule has 1 aromatic heterocycles. The molecule has 2 rings (SSSR count). The summed E-state index contributed by atoms with van der Waals surface area (Å²) in [6.07, 6.45) is 5.64. The second kappa shape index (κ2) is 6.73. The van der Waals surface area contributed by atoms with Gasteiger partial charge in [0.05, 0.1) is 0 Å². The van der Waals surface area contributed by atoms with Crippen LogP contribution in [0.15, 0.2) is 0 Å². The second-order valence-corrected chi connectivity index (χ2v) is 6.97. The van der Waals surface area contributed by atoms with Crippen LogP contribution >= 0.6 is 0 Å². The first-order valence-electron chi connectivity index (χ1n) is 8.13. The molecule has 0 spiro atoms. The van der Waals surface area contributed by atoms with Gasteiger partial charge in [-0.25, -0.2) is 9.97 Å². The topological polar surface area (TPSA) is 47.0 Å². The van der Waals surface area contributed by atoms with E-state index in [1.165, 1.54) is 24.1 Å². The summed E-state index contributed by atoms with van der Waals surface area (Å²) < 4.78 is 5.70. The van der Waals surface area contributed by atoms with Gasteiger partial charge < -0.3 is 10.1 Å². The van der Waals surface area contributed by atoms with E-state index >= 15 is 0 Å². The summed E-state index contributed by atoms with van der Waals surface area (Å²) >= 11 is 0. The average Bonchev–Trinajstić information content (AvgIpc) is 2.44. The van der Waals surface area contributed by atoms with Crippen molar-refractivity contribution < 1.29 is 4.74 Å². The van der Waals surface area contributed by atoms with Gasteiger partial charge in [0.1, 0.15) is 11.9 Å². The van der Waals surface area contributed by atoms with Crippen molar-refractivity contribution in [3.05, 3.63) is 17.1 Å². The molecule has 4 heteroatoms. The second-order valence-electron chi connectivity index (χ2n) is 6.97. The molecule has 0 aliphatic heterocycles. The molecule has 1 N–H and O–H groups in total. The summed E-state index contributed by atoms with van der Waals surface area (Å²) in [5, 5.41) is 3.49. The van der Waals surface area contributed by atoms with Crippen molar-refractivity contribution in [3.8, 4) is 0 Å². The molecule has 1 aliphatic rings. The van der Waals surface area contributed by atoms with Crippen molar-refractivity contribution >= 4 is 5.82 Å². The molecule has 0 saturated carbocycles. The van der Waals surface area contributed by atoms with Crippen molar-refractivity contribution in [2.24, 2.45) is 5.41 Å². The Kier molecular flexibility index (Phi) is 5.20. The summed E-state index contributed by atoms with van der Waals surface area (Å²) in [6.45, 7) is 9.64. The van der Waals surface area contributed by atoms with Gasteiger partial charge >= 0.3 is 0 Å². The third-order valence-corrected chi connectivity index (χ3v) is 4.00. The number of methoxy groups -OCH3 is 1. The molecule has 0 saturated heterocycles. The number of nitrogens with zero attached hydrogens (tertiary/aromatic N) is 2. The van der Waals surface area contributed by atoms with Crippen LogP contribution in [0.25, 0.3) is 0 Å². The number of hydrogen-bond acceptors (Lipinski definition) is 4. The van der Waals surface area contributed by atoms with Crippen LogP contribution in [0.1, 0.15) is 70.1 Å². The van der Waals surface area contributed by atoms with E-state index in [2.05, 4.69) is 33.0 Å². The summed E-state index contributed by atoms with van der Waals surface area (Å²) in [5.41, 5.74) is 2.53. The Labute approximate surface area is 128 Å². The van der Waals surface area contributed by atoms with E-state index in [0.717, 1.165) is 37.4 Å². The predicted octanol–water partition coefficient (Wildman–Crippen LogP) is 3.91. The van der Waals surface area contributed by atoms with Gasteiger partial charge in [0, 0.05) is 24.9 Å². The Bertz CT molecular complexity index is 480. The van der Waals surface area contributed by atoms with E-state index in [4.69, 9.17) is 14.7 Å². The van der Waals surface area contributed by atoms with Crippen LogP contribution in [0, 0.1) is 5.41 Å². The molecule has 118 valence electrons. The maximum absolute atomic E-state index is 5.70. The van der Waals surface area contributed by atoms with Crippen LogP contribution in [0.3, 0.4) is 0 Å². The van der Waals surface area contributed by atoms with Crippen molar-refractivity contribution in [3.63, 3.8) is 0 Å². The van der Waals surface area contributed by atoms with E-state index in [1.54, 1.807) is 7.11 Å². The van der Waals surface area contributed by atoms with Gasteiger partial charge in [0.2, 0.25) is 0 Å².